The number of carbonyl (C=O) groups is 2. The number of ketones is 1. The molecule has 0 fully saturated rings. The Hall–Kier alpha value is -3.67. The molecule has 3 aromatic rings. The van der Waals surface area contributed by atoms with Gasteiger partial charge in [-0.05, 0) is 36.1 Å². The molecule has 0 saturated heterocycles. The van der Waals surface area contributed by atoms with Crippen molar-refractivity contribution in [2.45, 2.75) is 19.4 Å². The predicted octanol–water partition coefficient (Wildman–Crippen LogP) is 3.42. The molecule has 2 aromatic carbocycles. The summed E-state index contributed by atoms with van der Waals surface area (Å²) in [5, 5.41) is 0. The zero-order chi connectivity index (χ0) is 22.7. The number of rotatable bonds is 7. The second kappa shape index (κ2) is 9.22. The standard InChI is InChI=1S/C26H26NO5/c1-30-23-13-19-12-20(25(28)21(19)14-24(23)31-2)11-18-9-10-27(16-22(18)26(29)32-3)15-17-7-5-4-6-8-17/h4-10,13-14,16,20H,11-12,15H2,1-3H3/q+1. The van der Waals surface area contributed by atoms with Crippen molar-refractivity contribution in [1.82, 2.24) is 0 Å². The van der Waals surface area contributed by atoms with E-state index in [2.05, 4.69) is 0 Å². The summed E-state index contributed by atoms with van der Waals surface area (Å²) in [7, 11) is 4.50. The third-order valence-electron chi connectivity index (χ3n) is 5.90. The number of hydrogen-bond acceptors (Lipinski definition) is 5. The molecular formula is C26H26NO5+. The SMILES string of the molecule is COC(=O)c1c[n+](Cc2ccccc2)ccc1CC1Cc2cc(OC)c(OC)cc2C1=O. The first-order valence-electron chi connectivity index (χ1n) is 10.5. The van der Waals surface area contributed by atoms with Crippen molar-refractivity contribution in [1.29, 1.82) is 0 Å². The number of nitrogens with zero attached hydrogens (tertiary/aromatic N) is 1. The molecule has 4 rings (SSSR count). The number of fused-ring (bicyclic) bond motifs is 1. The second-order valence-corrected chi connectivity index (χ2v) is 7.87. The lowest BCUT2D eigenvalue weighted by molar-refractivity contribution is -0.688. The van der Waals surface area contributed by atoms with Gasteiger partial charge in [0.15, 0.2) is 36.2 Å². The first-order valence-corrected chi connectivity index (χ1v) is 10.5. The van der Waals surface area contributed by atoms with Crippen molar-refractivity contribution in [3.05, 3.63) is 88.7 Å². The zero-order valence-corrected chi connectivity index (χ0v) is 18.5. The molecule has 164 valence electrons. The van der Waals surface area contributed by atoms with E-state index in [1.807, 2.05) is 53.2 Å². The number of methoxy groups -OCH3 is 3. The molecule has 1 aromatic heterocycles. The normalized spacial score (nSPS) is 14.7. The molecule has 0 saturated carbocycles. The highest BCUT2D eigenvalue weighted by Gasteiger charge is 2.33. The molecule has 1 atom stereocenters. The van der Waals surface area contributed by atoms with E-state index in [9.17, 15) is 9.59 Å². The highest BCUT2D eigenvalue weighted by molar-refractivity contribution is 6.03. The van der Waals surface area contributed by atoms with Crippen molar-refractivity contribution in [2.24, 2.45) is 5.92 Å². The molecule has 6 nitrogen and oxygen atoms in total. The first-order chi connectivity index (χ1) is 15.5. The Morgan fingerprint density at radius 1 is 1.03 bits per heavy atom. The quantitative estimate of drug-likeness (QED) is 0.423. The van der Waals surface area contributed by atoms with Crippen LogP contribution in [0.2, 0.25) is 0 Å². The Bertz CT molecular complexity index is 1160. The summed E-state index contributed by atoms with van der Waals surface area (Å²) in [4.78, 5) is 25.6. The summed E-state index contributed by atoms with van der Waals surface area (Å²) in [5.74, 6) is 0.537. The van der Waals surface area contributed by atoms with Crippen LogP contribution in [-0.2, 0) is 24.1 Å². The molecule has 0 amide bonds. The molecule has 0 bridgehead atoms. The summed E-state index contributed by atoms with van der Waals surface area (Å²) in [6.07, 6.45) is 4.78. The summed E-state index contributed by atoms with van der Waals surface area (Å²) in [6.45, 7) is 0.637. The number of aromatic nitrogens is 1. The maximum absolute atomic E-state index is 13.1. The Labute approximate surface area is 187 Å². The fourth-order valence-corrected chi connectivity index (χ4v) is 4.26. The van der Waals surface area contributed by atoms with E-state index in [-0.39, 0.29) is 11.7 Å². The van der Waals surface area contributed by atoms with Gasteiger partial charge in [-0.25, -0.2) is 4.79 Å². The minimum atomic E-state index is -0.409. The van der Waals surface area contributed by atoms with Gasteiger partial charge in [-0.2, -0.15) is 4.57 Å². The third kappa shape index (κ3) is 4.21. The van der Waals surface area contributed by atoms with Crippen LogP contribution in [0.25, 0.3) is 0 Å². The van der Waals surface area contributed by atoms with Crippen LogP contribution in [0.3, 0.4) is 0 Å². The zero-order valence-electron chi connectivity index (χ0n) is 18.5. The van der Waals surface area contributed by atoms with E-state index in [0.717, 1.165) is 16.7 Å². The maximum Gasteiger partial charge on any atom is 0.344 e. The molecule has 0 spiro atoms. The maximum atomic E-state index is 13.1. The van der Waals surface area contributed by atoms with Crippen LogP contribution in [0, 0.1) is 5.92 Å². The Kier molecular flexibility index (Phi) is 6.21. The Balaban J connectivity index is 1.60. The fraction of sp³-hybridized carbons (Fsp3) is 0.269. The molecular weight excluding hydrogens is 406 g/mol. The lowest BCUT2D eigenvalue weighted by Crippen LogP contribution is -2.35. The van der Waals surface area contributed by atoms with Gasteiger partial charge in [-0.3, -0.25) is 4.79 Å². The average Bonchev–Trinajstić information content (AvgIpc) is 3.13. The van der Waals surface area contributed by atoms with Crippen molar-refractivity contribution >= 4 is 11.8 Å². The van der Waals surface area contributed by atoms with Gasteiger partial charge in [0, 0.05) is 23.1 Å². The summed E-state index contributed by atoms with van der Waals surface area (Å²) >= 11 is 0. The van der Waals surface area contributed by atoms with Crippen LogP contribution >= 0.6 is 0 Å². The van der Waals surface area contributed by atoms with Gasteiger partial charge in [0.1, 0.15) is 5.56 Å². The van der Waals surface area contributed by atoms with Gasteiger partial charge in [-0.1, -0.05) is 30.3 Å². The van der Waals surface area contributed by atoms with Gasteiger partial charge in [0.25, 0.3) is 0 Å². The highest BCUT2D eigenvalue weighted by Crippen LogP contribution is 2.37. The van der Waals surface area contributed by atoms with E-state index in [0.29, 0.717) is 42.0 Å². The fourth-order valence-electron chi connectivity index (χ4n) is 4.26. The lowest BCUT2D eigenvalue weighted by atomic mass is 9.93. The summed E-state index contributed by atoms with van der Waals surface area (Å²) in [5.41, 5.74) is 4.00. The average molecular weight is 432 g/mol. The monoisotopic (exact) mass is 432 g/mol. The van der Waals surface area contributed by atoms with E-state index >= 15 is 0 Å². The topological polar surface area (TPSA) is 65.7 Å². The largest absolute Gasteiger partial charge is 0.493 e. The van der Waals surface area contributed by atoms with Gasteiger partial charge >= 0.3 is 5.97 Å². The number of hydrogen-bond donors (Lipinski definition) is 0. The van der Waals surface area contributed by atoms with Gasteiger partial charge < -0.3 is 14.2 Å². The molecule has 1 unspecified atom stereocenters. The van der Waals surface area contributed by atoms with Crippen LogP contribution < -0.4 is 14.0 Å². The molecule has 32 heavy (non-hydrogen) atoms. The molecule has 0 aliphatic heterocycles. The van der Waals surface area contributed by atoms with Crippen LogP contribution in [0.5, 0.6) is 11.5 Å². The molecule has 1 aliphatic rings. The van der Waals surface area contributed by atoms with E-state index in [4.69, 9.17) is 14.2 Å². The highest BCUT2D eigenvalue weighted by atomic mass is 16.5. The minimum Gasteiger partial charge on any atom is -0.493 e. The Morgan fingerprint density at radius 2 is 1.75 bits per heavy atom. The molecule has 1 aliphatic carbocycles. The van der Waals surface area contributed by atoms with Crippen molar-refractivity contribution in [2.75, 3.05) is 21.3 Å². The number of benzene rings is 2. The van der Waals surface area contributed by atoms with Crippen LogP contribution in [0.15, 0.2) is 60.9 Å². The number of carbonyl (C=O) groups excluding carboxylic acids is 2. The van der Waals surface area contributed by atoms with E-state index in [1.54, 1.807) is 26.5 Å². The van der Waals surface area contributed by atoms with Crippen molar-refractivity contribution in [3.8, 4) is 11.5 Å². The van der Waals surface area contributed by atoms with Gasteiger partial charge in [0.2, 0.25) is 0 Å². The molecule has 6 heteroatoms. The van der Waals surface area contributed by atoms with Crippen LogP contribution in [0.4, 0.5) is 0 Å². The number of esters is 1. The lowest BCUT2D eigenvalue weighted by Gasteiger charge is -2.11. The van der Waals surface area contributed by atoms with E-state index in [1.165, 1.54) is 7.11 Å². The number of Topliss-reactive ketones (excluding diaryl/α,β-unsaturated/α-hetero) is 1. The van der Waals surface area contributed by atoms with E-state index < -0.39 is 5.97 Å². The van der Waals surface area contributed by atoms with Gasteiger partial charge in [-0.15, -0.1) is 0 Å². The molecule has 1 heterocycles. The third-order valence-corrected chi connectivity index (χ3v) is 5.90. The Morgan fingerprint density at radius 3 is 2.44 bits per heavy atom. The minimum absolute atomic E-state index is 0.0535. The first kappa shape index (κ1) is 21.6. The molecule has 0 N–H and O–H groups in total. The second-order valence-electron chi connectivity index (χ2n) is 7.87. The van der Waals surface area contributed by atoms with Crippen LogP contribution in [0.1, 0.15) is 37.4 Å². The number of ether oxygens (including phenoxy) is 3. The summed E-state index contributed by atoms with van der Waals surface area (Å²) < 4.78 is 17.7. The van der Waals surface area contributed by atoms with Gasteiger partial charge in [0.05, 0.1) is 21.3 Å². The number of pyridine rings is 1. The smallest absolute Gasteiger partial charge is 0.344 e. The molecule has 0 radical (unpaired) electrons. The predicted molar refractivity (Wildman–Crippen MR) is 118 cm³/mol. The van der Waals surface area contributed by atoms with Crippen molar-refractivity contribution in [3.63, 3.8) is 0 Å². The van der Waals surface area contributed by atoms with Crippen molar-refractivity contribution < 1.29 is 28.4 Å². The van der Waals surface area contributed by atoms with Crippen LogP contribution in [-0.4, -0.2) is 33.1 Å². The summed E-state index contributed by atoms with van der Waals surface area (Å²) in [6, 6.07) is 15.5.